The molecular formula is C27H40N2O5. The molecule has 0 aliphatic carbocycles. The standard InChI is InChI=1S/C22H25NO2.C2H6.CH5N.CH2O2.CH2O/c1-14(2)23(15(3)4)19-11-10-18-12-20(22(24)25-21(18)13-19)17-8-6-16(5)7-9-17;2*1-2;2-1-3;1-2/h6-15H,1-5H3;1-2H3;2H2,1H3;1H,(H,2,3);1H2. The molecular weight excluding hydrogens is 432 g/mol. The van der Waals surface area contributed by atoms with Gasteiger partial charge in [-0.25, -0.2) is 4.79 Å². The Kier molecular flexibility index (Phi) is 17.4. The van der Waals surface area contributed by atoms with Crippen LogP contribution in [-0.4, -0.2) is 37.5 Å². The highest BCUT2D eigenvalue weighted by molar-refractivity contribution is 5.84. The first-order valence-electron chi connectivity index (χ1n) is 11.2. The van der Waals surface area contributed by atoms with Crippen LogP contribution >= 0.6 is 0 Å². The average Bonchev–Trinajstić information content (AvgIpc) is 2.83. The lowest BCUT2D eigenvalue weighted by atomic mass is 10.0. The maximum Gasteiger partial charge on any atom is 0.344 e. The Hall–Kier alpha value is -3.45. The lowest BCUT2D eigenvalue weighted by molar-refractivity contribution is -0.122. The largest absolute Gasteiger partial charge is 0.483 e. The number of nitrogens with two attached hydrogens (primary N) is 1. The van der Waals surface area contributed by atoms with Gasteiger partial charge in [0, 0.05) is 29.2 Å². The molecule has 1 aromatic heterocycles. The van der Waals surface area contributed by atoms with Gasteiger partial charge >= 0.3 is 5.63 Å². The van der Waals surface area contributed by atoms with Crippen molar-refractivity contribution < 1.29 is 19.1 Å². The van der Waals surface area contributed by atoms with Crippen LogP contribution in [0.15, 0.2) is 57.7 Å². The number of aryl methyl sites for hydroxylation is 1. The van der Waals surface area contributed by atoms with Crippen LogP contribution in [0.5, 0.6) is 0 Å². The third-order valence-electron chi connectivity index (χ3n) is 4.49. The fraction of sp³-hybridized carbons (Fsp3) is 0.370. The zero-order valence-corrected chi connectivity index (χ0v) is 21.7. The SMILES string of the molecule is C=O.CC.CN.Cc1ccc(-c2cc3ccc(N(C(C)C)C(C)C)cc3oc2=O)cc1.O=CO. The molecule has 0 aliphatic heterocycles. The van der Waals surface area contributed by atoms with Crippen LogP contribution in [0.2, 0.25) is 0 Å². The Labute approximate surface area is 203 Å². The lowest BCUT2D eigenvalue weighted by Gasteiger charge is -2.33. The number of benzene rings is 2. The van der Waals surface area contributed by atoms with E-state index in [1.54, 1.807) is 0 Å². The molecule has 188 valence electrons. The number of carboxylic acid groups (broad SMARTS) is 1. The summed E-state index contributed by atoms with van der Waals surface area (Å²) in [5, 5.41) is 7.83. The molecule has 7 heteroatoms. The molecule has 0 atom stereocenters. The first-order chi connectivity index (χ1) is 16.3. The molecule has 0 fully saturated rings. The molecule has 0 aliphatic rings. The van der Waals surface area contributed by atoms with Crippen LogP contribution in [0.1, 0.15) is 47.1 Å². The second-order valence-electron chi connectivity index (χ2n) is 7.24. The van der Waals surface area contributed by atoms with Gasteiger partial charge in [-0.15, -0.1) is 0 Å². The Balaban J connectivity index is 0. The molecule has 34 heavy (non-hydrogen) atoms. The van der Waals surface area contributed by atoms with Crippen LogP contribution in [0.4, 0.5) is 5.69 Å². The molecule has 0 saturated heterocycles. The quantitative estimate of drug-likeness (QED) is 0.380. The molecule has 0 bridgehead atoms. The molecule has 0 radical (unpaired) electrons. The van der Waals surface area contributed by atoms with Crippen molar-refractivity contribution in [1.82, 2.24) is 0 Å². The second kappa shape index (κ2) is 18.0. The van der Waals surface area contributed by atoms with E-state index in [1.165, 1.54) is 12.6 Å². The summed E-state index contributed by atoms with van der Waals surface area (Å²) in [7, 11) is 1.50. The van der Waals surface area contributed by atoms with E-state index < -0.39 is 0 Å². The monoisotopic (exact) mass is 472 g/mol. The summed E-state index contributed by atoms with van der Waals surface area (Å²) in [6.45, 7) is 16.5. The summed E-state index contributed by atoms with van der Waals surface area (Å²) in [6, 6.07) is 16.7. The van der Waals surface area contributed by atoms with Crippen molar-refractivity contribution >= 4 is 29.9 Å². The Morgan fingerprint density at radius 1 is 0.941 bits per heavy atom. The first kappa shape index (κ1) is 32.7. The van der Waals surface area contributed by atoms with Gasteiger partial charge in [-0.1, -0.05) is 43.7 Å². The predicted octanol–water partition coefficient (Wildman–Crippen LogP) is 5.51. The van der Waals surface area contributed by atoms with E-state index in [-0.39, 0.29) is 12.1 Å². The van der Waals surface area contributed by atoms with Crippen molar-refractivity contribution in [2.24, 2.45) is 5.73 Å². The zero-order valence-electron chi connectivity index (χ0n) is 21.7. The Bertz CT molecular complexity index is 1000. The zero-order chi connectivity index (χ0) is 26.8. The van der Waals surface area contributed by atoms with Crippen LogP contribution < -0.4 is 16.3 Å². The highest BCUT2D eigenvalue weighted by atomic mass is 16.4. The minimum absolute atomic E-state index is 0.250. The van der Waals surface area contributed by atoms with Crippen LogP contribution in [0.3, 0.4) is 0 Å². The Morgan fingerprint density at radius 2 is 1.41 bits per heavy atom. The number of carbonyl (C=O) groups excluding carboxylic acids is 1. The summed E-state index contributed by atoms with van der Waals surface area (Å²) in [4.78, 5) is 31.2. The van der Waals surface area contributed by atoms with Gasteiger partial charge in [-0.3, -0.25) is 4.79 Å². The minimum atomic E-state index is -0.297. The fourth-order valence-corrected chi connectivity index (χ4v) is 3.39. The number of fused-ring (bicyclic) bond motifs is 1. The van der Waals surface area contributed by atoms with E-state index in [0.29, 0.717) is 23.2 Å². The van der Waals surface area contributed by atoms with Crippen LogP contribution in [0.25, 0.3) is 22.1 Å². The van der Waals surface area contributed by atoms with Crippen LogP contribution in [0, 0.1) is 6.92 Å². The molecule has 3 aromatic rings. The molecule has 0 spiro atoms. The van der Waals surface area contributed by atoms with Gasteiger partial charge in [0.2, 0.25) is 0 Å². The number of hydrogen-bond donors (Lipinski definition) is 2. The molecule has 3 N–H and O–H groups in total. The number of nitrogens with zero attached hydrogens (tertiary/aromatic N) is 1. The second-order valence-corrected chi connectivity index (χ2v) is 7.24. The van der Waals surface area contributed by atoms with Gasteiger partial charge in [0.05, 0.1) is 5.56 Å². The smallest absolute Gasteiger partial charge is 0.344 e. The topological polar surface area (TPSA) is 114 Å². The molecule has 0 amide bonds. The third-order valence-corrected chi connectivity index (χ3v) is 4.49. The van der Waals surface area contributed by atoms with Gasteiger partial charge in [0.1, 0.15) is 12.4 Å². The van der Waals surface area contributed by atoms with E-state index in [4.69, 9.17) is 19.1 Å². The number of anilines is 1. The predicted molar refractivity (Wildman–Crippen MR) is 143 cm³/mol. The maximum atomic E-state index is 12.5. The van der Waals surface area contributed by atoms with Gasteiger partial charge in [0.15, 0.2) is 0 Å². The van der Waals surface area contributed by atoms with E-state index in [2.05, 4.69) is 44.4 Å². The summed E-state index contributed by atoms with van der Waals surface area (Å²) >= 11 is 0. The summed E-state index contributed by atoms with van der Waals surface area (Å²) in [5.41, 5.74) is 8.56. The number of hydrogen-bond acceptors (Lipinski definition) is 6. The third kappa shape index (κ3) is 9.58. The molecule has 7 nitrogen and oxygen atoms in total. The van der Waals surface area contributed by atoms with E-state index in [1.807, 2.05) is 70.0 Å². The van der Waals surface area contributed by atoms with Crippen molar-refractivity contribution in [3.63, 3.8) is 0 Å². The van der Waals surface area contributed by atoms with Crippen molar-refractivity contribution in [2.45, 2.75) is 60.5 Å². The van der Waals surface area contributed by atoms with Crippen molar-refractivity contribution in [3.05, 3.63) is 64.5 Å². The molecule has 1 heterocycles. The number of carbonyl (C=O) groups is 2. The highest BCUT2D eigenvalue weighted by Gasteiger charge is 2.16. The minimum Gasteiger partial charge on any atom is -0.483 e. The van der Waals surface area contributed by atoms with Gasteiger partial charge in [-0.05, 0) is 65.4 Å². The van der Waals surface area contributed by atoms with Gasteiger partial charge in [-0.2, -0.15) is 0 Å². The van der Waals surface area contributed by atoms with Gasteiger partial charge in [0.25, 0.3) is 6.47 Å². The molecule has 0 unspecified atom stereocenters. The number of rotatable bonds is 4. The summed E-state index contributed by atoms with van der Waals surface area (Å²) in [6.07, 6.45) is 0. The average molecular weight is 473 g/mol. The highest BCUT2D eigenvalue weighted by Crippen LogP contribution is 2.27. The van der Waals surface area contributed by atoms with Crippen molar-refractivity contribution in [1.29, 1.82) is 0 Å². The van der Waals surface area contributed by atoms with E-state index in [9.17, 15) is 4.79 Å². The maximum absolute atomic E-state index is 12.5. The van der Waals surface area contributed by atoms with Gasteiger partial charge < -0.3 is 25.0 Å². The fourth-order valence-electron chi connectivity index (χ4n) is 3.39. The first-order valence-corrected chi connectivity index (χ1v) is 11.2. The van der Waals surface area contributed by atoms with Crippen LogP contribution in [-0.2, 0) is 9.59 Å². The summed E-state index contributed by atoms with van der Waals surface area (Å²) < 4.78 is 5.65. The van der Waals surface area contributed by atoms with E-state index >= 15 is 0 Å². The normalized spacial score (nSPS) is 9.26. The van der Waals surface area contributed by atoms with Crippen molar-refractivity contribution in [2.75, 3.05) is 11.9 Å². The summed E-state index contributed by atoms with van der Waals surface area (Å²) in [5.74, 6) is 0. The lowest BCUT2D eigenvalue weighted by Crippen LogP contribution is -2.36. The van der Waals surface area contributed by atoms with E-state index in [0.717, 1.165) is 16.6 Å². The molecule has 3 rings (SSSR count). The Morgan fingerprint density at radius 3 is 1.85 bits per heavy atom. The van der Waals surface area contributed by atoms with Crippen molar-refractivity contribution in [3.8, 4) is 11.1 Å². The molecule has 2 aromatic carbocycles. The molecule has 0 saturated carbocycles.